The number of aliphatic hydroxyl groups excluding tert-OH is 3. The van der Waals surface area contributed by atoms with Crippen LogP contribution in [0.15, 0.2) is 11.0 Å². The van der Waals surface area contributed by atoms with Crippen LogP contribution in [-0.2, 0) is 19.1 Å². The molecule has 7 atom stereocenters. The second kappa shape index (κ2) is 11.6. The number of ether oxygens (including phenoxy) is 2. The van der Waals surface area contributed by atoms with E-state index in [9.17, 15) is 24.9 Å². The van der Waals surface area contributed by atoms with Crippen LogP contribution in [0.1, 0.15) is 70.5 Å². The SMILES string of the molecule is Cc1nc(C=C(CO)C2CC3OC3CCCC(C)C(O)C(C)C(=O)C(C)(C)C(O)CC(=O)O2)cs1. The molecule has 8 nitrogen and oxygen atoms in total. The van der Waals surface area contributed by atoms with Crippen molar-refractivity contribution in [3.05, 3.63) is 21.7 Å². The van der Waals surface area contributed by atoms with E-state index in [1.54, 1.807) is 26.8 Å². The number of cyclic esters (lactones) is 1. The molecule has 1 aromatic heterocycles. The summed E-state index contributed by atoms with van der Waals surface area (Å²) in [7, 11) is 0. The number of fused-ring (bicyclic) bond motifs is 1. The molecule has 196 valence electrons. The summed E-state index contributed by atoms with van der Waals surface area (Å²) in [5, 5.41) is 34.4. The minimum absolute atomic E-state index is 0.0264. The van der Waals surface area contributed by atoms with Gasteiger partial charge in [0.2, 0.25) is 0 Å². The maximum Gasteiger partial charge on any atom is 0.309 e. The molecule has 2 aliphatic rings. The Morgan fingerprint density at radius 1 is 1.23 bits per heavy atom. The Labute approximate surface area is 211 Å². The van der Waals surface area contributed by atoms with E-state index in [1.165, 1.54) is 11.3 Å². The molecule has 3 heterocycles. The normalized spacial score (nSPS) is 35.3. The topological polar surface area (TPSA) is 129 Å². The van der Waals surface area contributed by atoms with E-state index in [2.05, 4.69) is 4.98 Å². The highest BCUT2D eigenvalue weighted by atomic mass is 32.1. The molecular formula is C26H39NO7S. The van der Waals surface area contributed by atoms with Crippen LogP contribution in [0.5, 0.6) is 0 Å². The predicted molar refractivity (Wildman–Crippen MR) is 133 cm³/mol. The lowest BCUT2D eigenvalue weighted by Crippen LogP contribution is -2.45. The van der Waals surface area contributed by atoms with Gasteiger partial charge in [-0.05, 0) is 37.3 Å². The Kier molecular flexibility index (Phi) is 9.26. The number of esters is 1. The van der Waals surface area contributed by atoms with Gasteiger partial charge in [-0.3, -0.25) is 9.59 Å². The molecular weight excluding hydrogens is 470 g/mol. The van der Waals surface area contributed by atoms with E-state index in [0.29, 0.717) is 17.7 Å². The van der Waals surface area contributed by atoms with E-state index in [4.69, 9.17) is 9.47 Å². The van der Waals surface area contributed by atoms with Crippen LogP contribution >= 0.6 is 11.3 Å². The highest BCUT2D eigenvalue weighted by molar-refractivity contribution is 7.09. The van der Waals surface area contributed by atoms with Crippen LogP contribution in [0.2, 0.25) is 0 Å². The quantitative estimate of drug-likeness (QED) is 0.419. The lowest BCUT2D eigenvalue weighted by molar-refractivity contribution is -0.154. The van der Waals surface area contributed by atoms with Gasteiger partial charge in [-0.25, -0.2) is 4.98 Å². The van der Waals surface area contributed by atoms with Crippen molar-refractivity contribution in [2.75, 3.05) is 6.61 Å². The summed E-state index contributed by atoms with van der Waals surface area (Å²) in [4.78, 5) is 30.5. The van der Waals surface area contributed by atoms with Crippen molar-refractivity contribution >= 4 is 29.2 Å². The monoisotopic (exact) mass is 509 g/mol. The first kappa shape index (κ1) is 27.9. The fourth-order valence-corrected chi connectivity index (χ4v) is 5.40. The van der Waals surface area contributed by atoms with Crippen molar-refractivity contribution < 1.29 is 34.4 Å². The number of Topliss-reactive ketones (excluding diaryl/α,β-unsaturated/α-hetero) is 1. The predicted octanol–water partition coefficient (Wildman–Crippen LogP) is 3.06. The van der Waals surface area contributed by atoms with Gasteiger partial charge < -0.3 is 24.8 Å². The number of epoxide rings is 1. The lowest BCUT2D eigenvalue weighted by atomic mass is 9.73. The number of thiazole rings is 1. The molecule has 7 unspecified atom stereocenters. The molecule has 3 N–H and O–H groups in total. The minimum atomic E-state index is -1.28. The zero-order valence-electron chi connectivity index (χ0n) is 21.3. The van der Waals surface area contributed by atoms with E-state index in [-0.39, 0.29) is 36.9 Å². The molecule has 0 amide bonds. The highest BCUT2D eigenvalue weighted by Crippen LogP contribution is 2.36. The van der Waals surface area contributed by atoms with Crippen molar-refractivity contribution in [2.24, 2.45) is 17.3 Å². The van der Waals surface area contributed by atoms with Gasteiger partial charge in [0.15, 0.2) is 0 Å². The van der Waals surface area contributed by atoms with Crippen molar-refractivity contribution in [3.63, 3.8) is 0 Å². The van der Waals surface area contributed by atoms with Crippen LogP contribution in [0.3, 0.4) is 0 Å². The molecule has 3 rings (SSSR count). The number of aliphatic hydroxyl groups is 3. The first-order valence-corrected chi connectivity index (χ1v) is 13.3. The van der Waals surface area contributed by atoms with Gasteiger partial charge in [0, 0.05) is 17.7 Å². The van der Waals surface area contributed by atoms with E-state index in [0.717, 1.165) is 24.3 Å². The average molecular weight is 510 g/mol. The molecule has 0 bridgehead atoms. The molecule has 1 aromatic rings. The van der Waals surface area contributed by atoms with Gasteiger partial charge >= 0.3 is 5.97 Å². The minimum Gasteiger partial charge on any atom is -0.458 e. The Bertz CT molecular complexity index is 927. The highest BCUT2D eigenvalue weighted by Gasteiger charge is 2.44. The second-order valence-corrected chi connectivity index (χ2v) is 11.7. The van der Waals surface area contributed by atoms with Crippen LogP contribution in [0, 0.1) is 24.2 Å². The number of rotatable bonds is 3. The van der Waals surface area contributed by atoms with Crippen LogP contribution in [0.4, 0.5) is 0 Å². The summed E-state index contributed by atoms with van der Waals surface area (Å²) in [5.74, 6) is -1.72. The van der Waals surface area contributed by atoms with Gasteiger partial charge in [-0.1, -0.05) is 34.1 Å². The summed E-state index contributed by atoms with van der Waals surface area (Å²) >= 11 is 1.49. The van der Waals surface area contributed by atoms with Crippen molar-refractivity contribution in [1.29, 1.82) is 0 Å². The summed E-state index contributed by atoms with van der Waals surface area (Å²) in [5.41, 5.74) is -0.0556. The van der Waals surface area contributed by atoms with Crippen molar-refractivity contribution in [2.45, 2.75) is 97.2 Å². The standard InChI is InChI=1S/C26H39NO7S/c1-14-7-6-8-19-21(33-19)10-20(17(12-28)9-18-13-35-16(3)27-18)34-23(30)11-22(29)26(4,5)25(32)15(2)24(14)31/h9,13-15,19-22,24,28-29,31H,6-8,10-12H2,1-5H3. The van der Waals surface area contributed by atoms with Crippen molar-refractivity contribution in [3.8, 4) is 0 Å². The van der Waals surface area contributed by atoms with Gasteiger partial charge in [-0.2, -0.15) is 0 Å². The maximum atomic E-state index is 13.2. The molecule has 0 saturated carbocycles. The third-order valence-electron chi connectivity index (χ3n) is 7.46. The Morgan fingerprint density at radius 2 is 1.94 bits per heavy atom. The third-order valence-corrected chi connectivity index (χ3v) is 8.25. The fourth-order valence-electron chi connectivity index (χ4n) is 4.83. The Balaban J connectivity index is 1.85. The van der Waals surface area contributed by atoms with Gasteiger partial charge in [0.1, 0.15) is 11.9 Å². The molecule has 9 heteroatoms. The number of carbonyl (C=O) groups excluding carboxylic acids is 2. The number of carbonyl (C=O) groups is 2. The number of aryl methyl sites for hydroxylation is 1. The summed E-state index contributed by atoms with van der Waals surface area (Å²) in [6, 6.07) is 0. The largest absolute Gasteiger partial charge is 0.458 e. The molecule has 0 aliphatic carbocycles. The first-order valence-electron chi connectivity index (χ1n) is 12.4. The van der Waals surface area contributed by atoms with E-state index < -0.39 is 35.6 Å². The van der Waals surface area contributed by atoms with Gasteiger partial charge in [-0.15, -0.1) is 11.3 Å². The van der Waals surface area contributed by atoms with Crippen LogP contribution in [0.25, 0.3) is 6.08 Å². The molecule has 2 aliphatic heterocycles. The van der Waals surface area contributed by atoms with E-state index in [1.807, 2.05) is 19.2 Å². The lowest BCUT2D eigenvalue weighted by Gasteiger charge is -2.34. The third kappa shape index (κ3) is 6.98. The number of ketones is 1. The molecule has 2 fully saturated rings. The summed E-state index contributed by atoms with van der Waals surface area (Å²) < 4.78 is 11.6. The maximum absolute atomic E-state index is 13.2. The molecule has 2 saturated heterocycles. The van der Waals surface area contributed by atoms with Gasteiger partial charge in [0.05, 0.1) is 53.6 Å². The number of hydrogen-bond acceptors (Lipinski definition) is 9. The smallest absolute Gasteiger partial charge is 0.309 e. The fraction of sp³-hybridized carbons (Fsp3) is 0.731. The molecule has 35 heavy (non-hydrogen) atoms. The van der Waals surface area contributed by atoms with Gasteiger partial charge in [0.25, 0.3) is 0 Å². The van der Waals surface area contributed by atoms with Crippen LogP contribution in [-0.4, -0.2) is 69.2 Å². The number of nitrogens with zero attached hydrogens (tertiary/aromatic N) is 1. The zero-order valence-corrected chi connectivity index (χ0v) is 22.1. The number of hydrogen-bond donors (Lipinski definition) is 3. The van der Waals surface area contributed by atoms with Crippen molar-refractivity contribution in [1.82, 2.24) is 4.98 Å². The van der Waals surface area contributed by atoms with Crippen LogP contribution < -0.4 is 0 Å². The zero-order chi connectivity index (χ0) is 25.9. The first-order chi connectivity index (χ1) is 16.4. The van der Waals surface area contributed by atoms with E-state index >= 15 is 0 Å². The number of aromatic nitrogens is 1. The summed E-state index contributed by atoms with van der Waals surface area (Å²) in [6.07, 6.45) is 1.20. The molecule has 0 spiro atoms. The Morgan fingerprint density at radius 3 is 2.57 bits per heavy atom. The molecule has 0 radical (unpaired) electrons. The summed E-state index contributed by atoms with van der Waals surface area (Å²) in [6.45, 7) is 8.36. The molecule has 0 aromatic carbocycles. The average Bonchev–Trinajstić information content (AvgIpc) is 3.41. The second-order valence-electron chi connectivity index (χ2n) is 10.6. The Hall–Kier alpha value is -1.65.